The van der Waals surface area contributed by atoms with Crippen LogP contribution in [0.4, 0.5) is 8.78 Å². The number of rotatable bonds is 4. The maximum Gasteiger partial charge on any atom is 0.336 e. The summed E-state index contributed by atoms with van der Waals surface area (Å²) in [5.74, 6) is -2.68. The molecule has 0 spiro atoms. The lowest BCUT2D eigenvalue weighted by Crippen LogP contribution is -2.03. The van der Waals surface area contributed by atoms with Gasteiger partial charge in [-0.1, -0.05) is 18.2 Å². The van der Waals surface area contributed by atoms with Crippen LogP contribution in [-0.2, 0) is 6.61 Å². The molecule has 0 saturated heterocycles. The van der Waals surface area contributed by atoms with Gasteiger partial charge in [0.25, 0.3) is 0 Å². The fourth-order valence-corrected chi connectivity index (χ4v) is 2.08. The highest BCUT2D eigenvalue weighted by Crippen LogP contribution is 2.29. The number of ether oxygens (including phenoxy) is 1. The Balaban J connectivity index is 2.21. The van der Waals surface area contributed by atoms with E-state index >= 15 is 0 Å². The molecular weight excluding hydrogens is 334 g/mol. The minimum absolute atomic E-state index is 0.148. The third-order valence-electron chi connectivity index (χ3n) is 2.62. The maximum atomic E-state index is 13.9. The minimum atomic E-state index is -1.25. The third kappa shape index (κ3) is 2.96. The zero-order valence-electron chi connectivity index (χ0n) is 10.1. The second kappa shape index (κ2) is 6.00. The van der Waals surface area contributed by atoms with Gasteiger partial charge < -0.3 is 9.84 Å². The molecule has 0 aliphatic carbocycles. The molecule has 0 aromatic heterocycles. The van der Waals surface area contributed by atoms with E-state index in [9.17, 15) is 13.6 Å². The molecule has 20 heavy (non-hydrogen) atoms. The molecule has 2 aromatic rings. The van der Waals surface area contributed by atoms with Crippen LogP contribution in [0, 0.1) is 11.6 Å². The first-order valence-corrected chi connectivity index (χ1v) is 6.37. The summed E-state index contributed by atoms with van der Waals surface area (Å²) in [6.07, 6.45) is 0. The van der Waals surface area contributed by atoms with Crippen molar-refractivity contribution >= 4 is 21.9 Å². The molecule has 0 bridgehead atoms. The molecule has 0 fully saturated rings. The van der Waals surface area contributed by atoms with E-state index < -0.39 is 17.6 Å². The minimum Gasteiger partial charge on any atom is -0.486 e. The first kappa shape index (κ1) is 14.5. The normalized spacial score (nSPS) is 10.3. The van der Waals surface area contributed by atoms with Gasteiger partial charge in [-0.05, 0) is 34.1 Å². The van der Waals surface area contributed by atoms with Gasteiger partial charge in [-0.25, -0.2) is 13.6 Å². The second-order valence-electron chi connectivity index (χ2n) is 3.92. The smallest absolute Gasteiger partial charge is 0.336 e. The molecule has 0 atom stereocenters. The Morgan fingerprint density at radius 3 is 2.55 bits per heavy atom. The van der Waals surface area contributed by atoms with E-state index in [-0.39, 0.29) is 28.0 Å². The van der Waals surface area contributed by atoms with Crippen molar-refractivity contribution in [2.75, 3.05) is 0 Å². The van der Waals surface area contributed by atoms with E-state index in [1.807, 2.05) is 0 Å². The van der Waals surface area contributed by atoms with Crippen molar-refractivity contribution < 1.29 is 23.4 Å². The van der Waals surface area contributed by atoms with E-state index in [1.54, 1.807) is 6.07 Å². The molecule has 104 valence electrons. The Hall–Kier alpha value is -1.95. The number of benzene rings is 2. The predicted octanol–water partition coefficient (Wildman–Crippen LogP) is 4.00. The number of hydrogen-bond donors (Lipinski definition) is 1. The quantitative estimate of drug-likeness (QED) is 0.913. The first-order valence-electron chi connectivity index (χ1n) is 5.58. The van der Waals surface area contributed by atoms with Crippen LogP contribution < -0.4 is 4.74 Å². The average molecular weight is 343 g/mol. The van der Waals surface area contributed by atoms with Crippen molar-refractivity contribution in [3.63, 3.8) is 0 Å². The summed E-state index contributed by atoms with van der Waals surface area (Å²) in [5.41, 5.74) is 0.0751. The van der Waals surface area contributed by atoms with Gasteiger partial charge in [0.2, 0.25) is 0 Å². The van der Waals surface area contributed by atoms with Crippen molar-refractivity contribution in [1.29, 1.82) is 0 Å². The first-order chi connectivity index (χ1) is 9.50. The topological polar surface area (TPSA) is 46.5 Å². The summed E-state index contributed by atoms with van der Waals surface area (Å²) in [4.78, 5) is 10.8. The number of carboxylic acid groups (broad SMARTS) is 1. The summed E-state index contributed by atoms with van der Waals surface area (Å²) in [6.45, 7) is -0.150. The van der Waals surface area contributed by atoms with Crippen LogP contribution in [0.2, 0.25) is 0 Å². The highest BCUT2D eigenvalue weighted by Gasteiger charge is 2.17. The van der Waals surface area contributed by atoms with E-state index in [4.69, 9.17) is 9.84 Å². The van der Waals surface area contributed by atoms with Crippen LogP contribution in [0.1, 0.15) is 15.9 Å². The number of carboxylic acids is 1. The largest absolute Gasteiger partial charge is 0.486 e. The molecule has 2 aromatic carbocycles. The lowest BCUT2D eigenvalue weighted by atomic mass is 10.2. The van der Waals surface area contributed by atoms with Crippen LogP contribution in [0.25, 0.3) is 0 Å². The van der Waals surface area contributed by atoms with Gasteiger partial charge in [-0.15, -0.1) is 0 Å². The van der Waals surface area contributed by atoms with Crippen molar-refractivity contribution in [2.45, 2.75) is 6.61 Å². The lowest BCUT2D eigenvalue weighted by Gasteiger charge is -2.10. The molecule has 0 radical (unpaired) electrons. The van der Waals surface area contributed by atoms with Gasteiger partial charge in [-0.2, -0.15) is 0 Å². The zero-order valence-corrected chi connectivity index (χ0v) is 11.7. The Kier molecular flexibility index (Phi) is 4.34. The molecule has 3 nitrogen and oxygen atoms in total. The molecule has 0 heterocycles. The predicted molar refractivity (Wildman–Crippen MR) is 71.8 cm³/mol. The van der Waals surface area contributed by atoms with Gasteiger partial charge in [0.15, 0.2) is 11.6 Å². The van der Waals surface area contributed by atoms with Gasteiger partial charge in [0.1, 0.15) is 12.4 Å². The molecule has 0 amide bonds. The van der Waals surface area contributed by atoms with Gasteiger partial charge in [0, 0.05) is 5.56 Å². The molecule has 0 unspecified atom stereocenters. The average Bonchev–Trinajstić information content (AvgIpc) is 2.41. The number of carbonyl (C=O) groups is 1. The molecule has 0 aliphatic heterocycles. The van der Waals surface area contributed by atoms with Gasteiger partial charge in [0.05, 0.1) is 10.0 Å². The standard InChI is InChI=1S/C14H9BrF2O3/c15-12-9(14(18)19)5-6-11(13(12)17)20-7-8-3-1-2-4-10(8)16/h1-6H,7H2,(H,18,19). The van der Waals surface area contributed by atoms with Crippen molar-refractivity contribution in [3.05, 3.63) is 63.6 Å². The zero-order chi connectivity index (χ0) is 14.7. The van der Waals surface area contributed by atoms with Crippen molar-refractivity contribution in [1.82, 2.24) is 0 Å². The number of aromatic carboxylic acids is 1. The second-order valence-corrected chi connectivity index (χ2v) is 4.72. The van der Waals surface area contributed by atoms with E-state index in [2.05, 4.69) is 15.9 Å². The fraction of sp³-hybridized carbons (Fsp3) is 0.0714. The molecule has 0 saturated carbocycles. The summed E-state index contributed by atoms with van der Waals surface area (Å²) in [7, 11) is 0. The van der Waals surface area contributed by atoms with Gasteiger partial charge >= 0.3 is 5.97 Å². The summed E-state index contributed by atoms with van der Waals surface area (Å²) in [6, 6.07) is 8.39. The maximum absolute atomic E-state index is 13.9. The molecule has 6 heteroatoms. The van der Waals surface area contributed by atoms with Gasteiger partial charge in [-0.3, -0.25) is 0 Å². The van der Waals surface area contributed by atoms with Crippen LogP contribution >= 0.6 is 15.9 Å². The molecule has 2 rings (SSSR count). The molecular formula is C14H9BrF2O3. The Labute approximate surface area is 121 Å². The molecule has 0 aliphatic rings. The number of hydrogen-bond acceptors (Lipinski definition) is 2. The van der Waals surface area contributed by atoms with Crippen LogP contribution in [0.15, 0.2) is 40.9 Å². The summed E-state index contributed by atoms with van der Waals surface area (Å²) >= 11 is 2.86. The summed E-state index contributed by atoms with van der Waals surface area (Å²) in [5, 5.41) is 8.84. The Morgan fingerprint density at radius 2 is 1.90 bits per heavy atom. The van der Waals surface area contributed by atoms with Crippen molar-refractivity contribution in [2.24, 2.45) is 0 Å². The highest BCUT2D eigenvalue weighted by atomic mass is 79.9. The number of halogens is 3. The molecule has 1 N–H and O–H groups in total. The van der Waals surface area contributed by atoms with Crippen molar-refractivity contribution in [3.8, 4) is 5.75 Å². The van der Waals surface area contributed by atoms with E-state index in [0.717, 1.165) is 0 Å². The van der Waals surface area contributed by atoms with E-state index in [0.29, 0.717) is 0 Å². The third-order valence-corrected chi connectivity index (χ3v) is 3.39. The lowest BCUT2D eigenvalue weighted by molar-refractivity contribution is 0.0695. The Bertz CT molecular complexity index is 659. The Morgan fingerprint density at radius 1 is 1.20 bits per heavy atom. The van der Waals surface area contributed by atoms with E-state index in [1.165, 1.54) is 30.3 Å². The fourth-order valence-electron chi connectivity index (χ4n) is 1.58. The van der Waals surface area contributed by atoms with Crippen LogP contribution in [-0.4, -0.2) is 11.1 Å². The monoisotopic (exact) mass is 342 g/mol. The van der Waals surface area contributed by atoms with Crippen LogP contribution in [0.5, 0.6) is 5.75 Å². The SMILES string of the molecule is O=C(O)c1ccc(OCc2ccccc2F)c(F)c1Br. The van der Waals surface area contributed by atoms with Crippen LogP contribution in [0.3, 0.4) is 0 Å². The summed E-state index contributed by atoms with van der Waals surface area (Å²) < 4.78 is 32.3. The highest BCUT2D eigenvalue weighted by molar-refractivity contribution is 9.10.